The molecule has 292 valence electrons. The van der Waals surface area contributed by atoms with Crippen molar-refractivity contribution in [3.63, 3.8) is 0 Å². The number of anilines is 4. The first kappa shape index (κ1) is 48.6. The van der Waals surface area contributed by atoms with Gasteiger partial charge in [0.05, 0.1) is 24.2 Å². The molecule has 2 N–H and O–H groups in total. The maximum atomic E-state index is 10.0. The van der Waals surface area contributed by atoms with Crippen LogP contribution in [0.5, 0.6) is 0 Å². The smallest absolute Gasteiger partial charge is 0.512 e. The van der Waals surface area contributed by atoms with Crippen LogP contribution in [0.3, 0.4) is 0 Å². The van der Waals surface area contributed by atoms with Gasteiger partial charge in [0.1, 0.15) is 0 Å². The number of ketones is 2. The fourth-order valence-electron chi connectivity index (χ4n) is 4.56. The second-order valence-corrected chi connectivity index (χ2v) is 11.5. The van der Waals surface area contributed by atoms with E-state index in [0.717, 1.165) is 16.9 Å². The van der Waals surface area contributed by atoms with E-state index in [1.807, 2.05) is 84.4 Å². The number of rotatable bonds is 5. The van der Waals surface area contributed by atoms with Gasteiger partial charge in [0, 0.05) is 23.5 Å². The third kappa shape index (κ3) is 17.8. The van der Waals surface area contributed by atoms with Crippen LogP contribution in [0.15, 0.2) is 140 Å². The van der Waals surface area contributed by atoms with Crippen molar-refractivity contribution in [3.8, 4) is 11.4 Å². The number of hydrogen-bond donors (Lipinski definition) is 2. The van der Waals surface area contributed by atoms with Gasteiger partial charge in [0.25, 0.3) is 0 Å². The van der Waals surface area contributed by atoms with Crippen LogP contribution in [0.1, 0.15) is 27.7 Å². The van der Waals surface area contributed by atoms with Gasteiger partial charge in [-0.25, -0.2) is 28.7 Å². The minimum Gasteiger partial charge on any atom is -0.512 e. The predicted octanol–water partition coefficient (Wildman–Crippen LogP) is 8.23. The molecule has 0 amide bonds. The molecule has 0 aliphatic carbocycles. The van der Waals surface area contributed by atoms with E-state index in [-0.39, 0.29) is 63.3 Å². The average molecular weight is 1110 g/mol. The second kappa shape index (κ2) is 26.4. The van der Waals surface area contributed by atoms with Gasteiger partial charge >= 0.3 is 40.2 Å². The number of nitrogens with zero attached hydrogens (tertiary/aromatic N) is 7. The number of aliphatic hydroxyl groups excluding tert-OH is 2. The van der Waals surface area contributed by atoms with Gasteiger partial charge in [-0.2, -0.15) is 74.0 Å². The van der Waals surface area contributed by atoms with Crippen molar-refractivity contribution in [2.24, 2.45) is 0 Å². The molecule has 0 fully saturated rings. The SMILES string of the molecule is CC(=O)/C=C(/C)O.CC(=O)/C=C(/C)O.CN1C=CN(c2[c-]cccc2)[CH-]1.CN1[CH-]N(c2[c-]cccc2)c2ccccc21.[Ir+3].[Ir+3].[c-]1ccc[c-]c1-c1ncncn1. The van der Waals surface area contributed by atoms with Gasteiger partial charge in [-0.3, -0.25) is 21.7 Å². The number of benzene rings is 4. The van der Waals surface area contributed by atoms with Crippen molar-refractivity contribution in [3.05, 3.63) is 177 Å². The molecule has 0 saturated carbocycles. The Hall–Kier alpha value is -5.45. The van der Waals surface area contributed by atoms with Crippen molar-refractivity contribution in [2.45, 2.75) is 27.7 Å². The quantitative estimate of drug-likeness (QED) is 0.101. The van der Waals surface area contributed by atoms with Crippen LogP contribution in [0.2, 0.25) is 0 Å². The van der Waals surface area contributed by atoms with Gasteiger partial charge in [0.15, 0.2) is 11.6 Å². The summed E-state index contributed by atoms with van der Waals surface area (Å²) in [4.78, 5) is 40.0. The first-order valence-corrected chi connectivity index (χ1v) is 16.6. The Morgan fingerprint density at radius 3 is 1.59 bits per heavy atom. The minimum absolute atomic E-state index is 0. The van der Waals surface area contributed by atoms with Gasteiger partial charge in [0.2, 0.25) is 0 Å². The van der Waals surface area contributed by atoms with E-state index in [2.05, 4.69) is 93.1 Å². The average Bonchev–Trinajstić information content (AvgIpc) is 3.76. The van der Waals surface area contributed by atoms with Gasteiger partial charge in [-0.15, -0.1) is 11.4 Å². The largest absolute Gasteiger partial charge is 3.00 e. The zero-order valence-electron chi connectivity index (χ0n) is 31.8. The number of aromatic nitrogens is 3. The van der Waals surface area contributed by atoms with Crippen LogP contribution in [-0.2, 0) is 49.8 Å². The van der Waals surface area contributed by atoms with Crippen molar-refractivity contribution in [1.82, 2.24) is 19.9 Å². The molecule has 2 aliphatic heterocycles. The zero-order chi connectivity index (χ0) is 39.3. The van der Waals surface area contributed by atoms with Crippen molar-refractivity contribution >= 4 is 34.3 Å². The van der Waals surface area contributed by atoms with E-state index in [1.165, 1.54) is 63.9 Å². The summed E-state index contributed by atoms with van der Waals surface area (Å²) in [5.74, 6) is 0.477. The molecule has 11 nitrogen and oxygen atoms in total. The van der Waals surface area contributed by atoms with E-state index < -0.39 is 0 Å². The van der Waals surface area contributed by atoms with Crippen LogP contribution in [-0.4, -0.2) is 55.7 Å². The minimum atomic E-state index is -0.125. The predicted molar refractivity (Wildman–Crippen MR) is 213 cm³/mol. The zero-order valence-corrected chi connectivity index (χ0v) is 36.6. The molecule has 13 heteroatoms. The Morgan fingerprint density at radius 1 is 0.643 bits per heavy atom. The third-order valence-corrected chi connectivity index (χ3v) is 6.69. The van der Waals surface area contributed by atoms with E-state index in [9.17, 15) is 9.59 Å². The van der Waals surface area contributed by atoms with E-state index in [4.69, 9.17) is 10.2 Å². The molecule has 2 aliphatic rings. The summed E-state index contributed by atoms with van der Waals surface area (Å²) in [6.07, 6.45) is 9.25. The Labute approximate surface area is 357 Å². The van der Waals surface area contributed by atoms with Crippen LogP contribution in [0.4, 0.5) is 22.7 Å². The number of hydrogen-bond acceptors (Lipinski definition) is 11. The Balaban J connectivity index is 0.000000360. The number of allylic oxidation sites excluding steroid dienone is 4. The molecule has 0 atom stereocenters. The van der Waals surface area contributed by atoms with Crippen LogP contribution in [0, 0.1) is 37.6 Å². The Bertz CT molecular complexity index is 1890. The molecule has 0 radical (unpaired) electrons. The first-order valence-electron chi connectivity index (χ1n) is 16.6. The molecule has 4 aromatic carbocycles. The number of para-hydroxylation sites is 4. The molecule has 0 spiro atoms. The summed E-state index contributed by atoms with van der Waals surface area (Å²) in [6.45, 7) is 9.78. The van der Waals surface area contributed by atoms with E-state index in [0.29, 0.717) is 5.82 Å². The van der Waals surface area contributed by atoms with Crippen LogP contribution in [0.25, 0.3) is 11.4 Å². The van der Waals surface area contributed by atoms with Gasteiger partial charge in [-0.1, -0.05) is 12.1 Å². The summed E-state index contributed by atoms with van der Waals surface area (Å²) < 4.78 is 0. The van der Waals surface area contributed by atoms with E-state index in [1.54, 1.807) is 12.1 Å². The maximum Gasteiger partial charge on any atom is 3.00 e. The standard InChI is InChI=1S/C14H12N2.C10H10N2.C9H5N3.2C5H8O2.2Ir/c1-15-11-16(12-7-3-2-4-8-12)14-10-6-5-9-13(14)15;1-11-7-8-12(9-11)10-5-3-2-4-6-10;1-2-4-8(5-3-1)9-11-6-10-7-12-9;2*1-4(6)3-5(2)7;;/h2-7,9-11H,1H3;2-5,7-9H,1H3;1-3,6-7H;2*3,6H,1-2H3;;/q3*-2;;;2*+3/b;;;2*4-3-;;. The molecule has 0 unspecified atom stereocenters. The van der Waals surface area contributed by atoms with Crippen molar-refractivity contribution in [2.75, 3.05) is 28.8 Å². The number of fused-ring (bicyclic) bond motifs is 1. The number of carbonyl (C=O) groups excluding carboxylic acids is 2. The fraction of sp³-hybridized carbons (Fsp3) is 0.140. The number of aliphatic hydroxyl groups is 2. The third-order valence-electron chi connectivity index (χ3n) is 6.69. The Kier molecular flexibility index (Phi) is 22.9. The van der Waals surface area contributed by atoms with Crippen LogP contribution < -0.4 is 14.7 Å². The molecular formula is C43H43Ir2N7O4. The maximum absolute atomic E-state index is 10.0. The topological polar surface area (TPSA) is 126 Å². The summed E-state index contributed by atoms with van der Waals surface area (Å²) in [7, 11) is 4.06. The summed E-state index contributed by atoms with van der Waals surface area (Å²) in [5.41, 5.74) is 5.32. The molecule has 7 rings (SSSR count). The van der Waals surface area contributed by atoms with Gasteiger partial charge < -0.3 is 39.8 Å². The number of carbonyl (C=O) groups is 2. The molecule has 0 saturated heterocycles. The monoisotopic (exact) mass is 1110 g/mol. The van der Waals surface area contributed by atoms with Crippen molar-refractivity contribution < 1.29 is 60.0 Å². The van der Waals surface area contributed by atoms with E-state index >= 15 is 0 Å². The fourth-order valence-corrected chi connectivity index (χ4v) is 4.56. The molecule has 0 bridgehead atoms. The first-order chi connectivity index (χ1) is 25.9. The normalized spacial score (nSPS) is 12.3. The molecule has 5 aromatic rings. The van der Waals surface area contributed by atoms with Crippen LogP contribution >= 0.6 is 0 Å². The second-order valence-electron chi connectivity index (χ2n) is 11.5. The Morgan fingerprint density at radius 2 is 1.14 bits per heavy atom. The van der Waals surface area contributed by atoms with Gasteiger partial charge in [-0.05, 0) is 72.1 Å². The molecule has 1 aromatic heterocycles. The summed E-state index contributed by atoms with van der Waals surface area (Å²) >= 11 is 0. The molecular weight excluding hydrogens is 1060 g/mol. The summed E-state index contributed by atoms with van der Waals surface area (Å²) in [6, 6.07) is 42.1. The molecule has 3 heterocycles. The molecule has 56 heavy (non-hydrogen) atoms. The van der Waals surface area contributed by atoms with Crippen molar-refractivity contribution in [1.29, 1.82) is 0 Å². The summed E-state index contributed by atoms with van der Waals surface area (Å²) in [5, 5.41) is 16.7.